The summed E-state index contributed by atoms with van der Waals surface area (Å²) in [6, 6.07) is 6.97. The smallest absolute Gasteiger partial charge is 0.255 e. The van der Waals surface area contributed by atoms with Gasteiger partial charge < -0.3 is 14.6 Å². The van der Waals surface area contributed by atoms with Gasteiger partial charge in [-0.3, -0.25) is 4.79 Å². The van der Waals surface area contributed by atoms with Crippen LogP contribution in [0.3, 0.4) is 0 Å². The number of hydrogen-bond acceptors (Lipinski definition) is 5. The van der Waals surface area contributed by atoms with Crippen molar-refractivity contribution in [2.45, 2.75) is 13.5 Å². The lowest BCUT2D eigenvalue weighted by Crippen LogP contribution is -2.23. The Kier molecular flexibility index (Phi) is 4.49. The van der Waals surface area contributed by atoms with Crippen LogP contribution in [0.25, 0.3) is 0 Å². The van der Waals surface area contributed by atoms with Crippen molar-refractivity contribution in [3.8, 4) is 5.75 Å². The fourth-order valence-corrected chi connectivity index (χ4v) is 1.58. The van der Waals surface area contributed by atoms with E-state index in [1.165, 1.54) is 0 Å². The number of carbonyl (C=O) groups is 1. The summed E-state index contributed by atoms with van der Waals surface area (Å²) < 4.78 is 10.4. The number of aryl methyl sites for hydroxylation is 1. The van der Waals surface area contributed by atoms with Crippen molar-refractivity contribution in [3.63, 3.8) is 0 Å². The monoisotopic (exact) mass is 273 g/mol. The second-order valence-electron chi connectivity index (χ2n) is 4.01. The fourth-order valence-electron chi connectivity index (χ4n) is 1.58. The summed E-state index contributed by atoms with van der Waals surface area (Å²) in [6.45, 7) is 5.80. The zero-order valence-electron chi connectivity index (χ0n) is 11.1. The minimum Gasteiger partial charge on any atom is -0.485 e. The van der Waals surface area contributed by atoms with Gasteiger partial charge in [0.2, 0.25) is 11.7 Å². The number of rotatable bonds is 6. The number of amides is 1. The van der Waals surface area contributed by atoms with Gasteiger partial charge in [-0.25, -0.2) is 0 Å². The van der Waals surface area contributed by atoms with Crippen LogP contribution in [0.15, 0.2) is 41.4 Å². The van der Waals surface area contributed by atoms with Gasteiger partial charge in [-0.05, 0) is 12.1 Å². The van der Waals surface area contributed by atoms with Gasteiger partial charge >= 0.3 is 0 Å². The van der Waals surface area contributed by atoms with Crippen LogP contribution in [-0.2, 0) is 6.61 Å². The zero-order valence-corrected chi connectivity index (χ0v) is 11.1. The molecule has 1 N–H and O–H groups in total. The normalized spacial score (nSPS) is 10.1. The number of ether oxygens (including phenoxy) is 1. The van der Waals surface area contributed by atoms with E-state index >= 15 is 0 Å². The largest absolute Gasteiger partial charge is 0.485 e. The second-order valence-corrected chi connectivity index (χ2v) is 4.01. The summed E-state index contributed by atoms with van der Waals surface area (Å²) in [4.78, 5) is 16.0. The standard InChI is InChI=1S/C14H15N3O3/c1-3-8-15-14(18)11-6-4-5-7-12(11)19-9-13-16-10(2)20-17-13/h3-7H,1,8-9H2,2H3,(H,15,18). The van der Waals surface area contributed by atoms with Crippen molar-refractivity contribution in [1.82, 2.24) is 15.5 Å². The lowest BCUT2D eigenvalue weighted by molar-refractivity contribution is 0.0953. The van der Waals surface area contributed by atoms with Crippen molar-refractivity contribution < 1.29 is 14.1 Å². The van der Waals surface area contributed by atoms with Gasteiger partial charge in [-0.2, -0.15) is 4.98 Å². The Morgan fingerprint density at radius 1 is 1.50 bits per heavy atom. The van der Waals surface area contributed by atoms with Gasteiger partial charge in [-0.1, -0.05) is 23.4 Å². The number of nitrogens with one attached hydrogen (secondary N) is 1. The van der Waals surface area contributed by atoms with E-state index in [9.17, 15) is 4.79 Å². The van der Waals surface area contributed by atoms with Crippen LogP contribution < -0.4 is 10.1 Å². The van der Waals surface area contributed by atoms with Crippen LogP contribution in [-0.4, -0.2) is 22.6 Å². The fraction of sp³-hybridized carbons (Fsp3) is 0.214. The maximum absolute atomic E-state index is 12.0. The van der Waals surface area contributed by atoms with E-state index in [0.717, 1.165) is 0 Å². The summed E-state index contributed by atoms with van der Waals surface area (Å²) in [5.74, 6) is 1.16. The first kappa shape index (κ1) is 13.8. The number of nitrogens with zero attached hydrogens (tertiary/aromatic N) is 2. The average Bonchev–Trinajstić information content (AvgIpc) is 2.88. The van der Waals surface area contributed by atoms with E-state index in [2.05, 4.69) is 22.0 Å². The topological polar surface area (TPSA) is 77.2 Å². The zero-order chi connectivity index (χ0) is 14.4. The Bertz CT molecular complexity index is 607. The van der Waals surface area contributed by atoms with Crippen LogP contribution in [0.5, 0.6) is 5.75 Å². The molecule has 0 fully saturated rings. The Labute approximate surface area is 116 Å². The Hall–Kier alpha value is -2.63. The van der Waals surface area contributed by atoms with E-state index < -0.39 is 0 Å². The quantitative estimate of drug-likeness (QED) is 0.813. The summed E-state index contributed by atoms with van der Waals surface area (Å²) in [7, 11) is 0. The maximum atomic E-state index is 12.0. The highest BCUT2D eigenvalue weighted by molar-refractivity contribution is 5.96. The average molecular weight is 273 g/mol. The van der Waals surface area contributed by atoms with Gasteiger partial charge in [0.05, 0.1) is 5.56 Å². The summed E-state index contributed by atoms with van der Waals surface area (Å²) in [5.41, 5.74) is 0.453. The second kappa shape index (κ2) is 6.51. The third-order valence-electron chi connectivity index (χ3n) is 2.47. The molecule has 1 amide bonds. The third-order valence-corrected chi connectivity index (χ3v) is 2.47. The molecule has 1 heterocycles. The Morgan fingerprint density at radius 2 is 2.30 bits per heavy atom. The number of para-hydroxylation sites is 1. The molecule has 1 aromatic heterocycles. The molecule has 0 saturated heterocycles. The van der Waals surface area contributed by atoms with E-state index in [0.29, 0.717) is 29.6 Å². The molecule has 0 aliphatic rings. The van der Waals surface area contributed by atoms with Gasteiger partial charge in [-0.15, -0.1) is 6.58 Å². The molecule has 2 aromatic rings. The molecular formula is C14H15N3O3. The molecule has 0 aliphatic heterocycles. The van der Waals surface area contributed by atoms with Crippen molar-refractivity contribution in [2.75, 3.05) is 6.54 Å². The van der Waals surface area contributed by atoms with Crippen molar-refractivity contribution in [2.24, 2.45) is 0 Å². The van der Waals surface area contributed by atoms with Gasteiger partial charge in [0.1, 0.15) is 5.75 Å². The summed E-state index contributed by atoms with van der Waals surface area (Å²) in [5, 5.41) is 6.43. The highest BCUT2D eigenvalue weighted by atomic mass is 16.5. The van der Waals surface area contributed by atoms with Crippen LogP contribution in [0.2, 0.25) is 0 Å². The van der Waals surface area contributed by atoms with Gasteiger partial charge in [0.15, 0.2) is 6.61 Å². The molecule has 104 valence electrons. The molecule has 6 nitrogen and oxygen atoms in total. The molecule has 0 radical (unpaired) electrons. The molecule has 0 saturated carbocycles. The van der Waals surface area contributed by atoms with Crippen LogP contribution in [0.1, 0.15) is 22.1 Å². The summed E-state index contributed by atoms with van der Waals surface area (Å²) in [6.07, 6.45) is 1.61. The first-order chi connectivity index (χ1) is 9.70. The predicted octanol–water partition coefficient (Wildman–Crippen LogP) is 1.87. The lowest BCUT2D eigenvalue weighted by Gasteiger charge is -2.09. The van der Waals surface area contributed by atoms with Crippen LogP contribution in [0, 0.1) is 6.92 Å². The van der Waals surface area contributed by atoms with Gasteiger partial charge in [0, 0.05) is 13.5 Å². The van der Waals surface area contributed by atoms with E-state index in [1.54, 1.807) is 37.3 Å². The SMILES string of the molecule is C=CCNC(=O)c1ccccc1OCc1noc(C)n1. The highest BCUT2D eigenvalue weighted by Crippen LogP contribution is 2.18. The Balaban J connectivity index is 2.07. The van der Waals surface area contributed by atoms with Gasteiger partial charge in [0.25, 0.3) is 5.91 Å². The molecule has 0 spiro atoms. The van der Waals surface area contributed by atoms with Crippen LogP contribution in [0.4, 0.5) is 0 Å². The highest BCUT2D eigenvalue weighted by Gasteiger charge is 2.12. The first-order valence-electron chi connectivity index (χ1n) is 6.11. The molecule has 20 heavy (non-hydrogen) atoms. The number of aromatic nitrogens is 2. The van der Waals surface area contributed by atoms with Crippen molar-refractivity contribution >= 4 is 5.91 Å². The minimum atomic E-state index is -0.218. The number of hydrogen-bond donors (Lipinski definition) is 1. The van der Waals surface area contributed by atoms with Crippen molar-refractivity contribution in [3.05, 3.63) is 54.2 Å². The van der Waals surface area contributed by atoms with E-state index in [1.807, 2.05) is 0 Å². The third kappa shape index (κ3) is 3.44. The minimum absolute atomic E-state index is 0.142. The van der Waals surface area contributed by atoms with E-state index in [-0.39, 0.29) is 12.5 Å². The molecule has 0 aliphatic carbocycles. The molecule has 0 bridgehead atoms. The molecule has 2 rings (SSSR count). The lowest BCUT2D eigenvalue weighted by atomic mass is 10.2. The summed E-state index contributed by atoms with van der Waals surface area (Å²) >= 11 is 0. The Morgan fingerprint density at radius 3 is 3.00 bits per heavy atom. The number of carbonyl (C=O) groups excluding carboxylic acids is 1. The maximum Gasteiger partial charge on any atom is 0.255 e. The molecule has 1 aromatic carbocycles. The first-order valence-corrected chi connectivity index (χ1v) is 6.11. The predicted molar refractivity (Wildman–Crippen MR) is 72.3 cm³/mol. The van der Waals surface area contributed by atoms with Crippen molar-refractivity contribution in [1.29, 1.82) is 0 Å². The molecule has 6 heteroatoms. The molecule has 0 atom stereocenters. The van der Waals surface area contributed by atoms with E-state index in [4.69, 9.17) is 9.26 Å². The molecule has 0 unspecified atom stereocenters. The molecular weight excluding hydrogens is 258 g/mol. The number of benzene rings is 1. The van der Waals surface area contributed by atoms with Crippen LogP contribution >= 0.6 is 0 Å².